The fraction of sp³-hybridized carbons (Fsp3) is 0.429. The summed E-state index contributed by atoms with van der Waals surface area (Å²) in [5.41, 5.74) is 0.657. The highest BCUT2D eigenvalue weighted by atomic mass is 31.2. The maximum atomic E-state index is 12.7. The van der Waals surface area contributed by atoms with Gasteiger partial charge in [0, 0.05) is 11.8 Å². The Hall–Kier alpha value is -2.63. The number of hydrogen-bond donors (Lipinski definition) is 1. The average Bonchev–Trinajstić information content (AvgIpc) is 3.23. The Morgan fingerprint density at radius 3 is 2.84 bits per heavy atom. The first kappa shape index (κ1) is 23.0. The summed E-state index contributed by atoms with van der Waals surface area (Å²) < 4.78 is 36.0. The monoisotopic (exact) mass is 448 g/mol. The molecule has 1 fully saturated rings. The van der Waals surface area contributed by atoms with Crippen LogP contribution in [-0.2, 0) is 25.0 Å². The van der Waals surface area contributed by atoms with Crippen molar-refractivity contribution in [1.29, 1.82) is 0 Å². The quantitative estimate of drug-likeness (QED) is 0.565. The van der Waals surface area contributed by atoms with Crippen molar-refractivity contribution >= 4 is 7.82 Å². The van der Waals surface area contributed by atoms with E-state index in [1.54, 1.807) is 6.07 Å². The van der Waals surface area contributed by atoms with Gasteiger partial charge in [-0.25, -0.2) is 9.36 Å². The molecular weight excluding hydrogens is 423 g/mol. The zero-order chi connectivity index (χ0) is 22.6. The van der Waals surface area contributed by atoms with Crippen molar-refractivity contribution in [1.82, 2.24) is 9.55 Å². The van der Waals surface area contributed by atoms with Crippen molar-refractivity contribution in [3.05, 3.63) is 61.9 Å². The fourth-order valence-corrected chi connectivity index (χ4v) is 4.50. The molecule has 3 unspecified atom stereocenters. The molecule has 1 saturated heterocycles. The number of phosphoric ester groups is 1. The van der Waals surface area contributed by atoms with Gasteiger partial charge in [0.05, 0.1) is 19.3 Å². The number of terminal acetylenes is 1. The first-order valence-electron chi connectivity index (χ1n) is 10.0. The van der Waals surface area contributed by atoms with E-state index in [-0.39, 0.29) is 18.8 Å². The molecule has 9 nitrogen and oxygen atoms in total. The number of nitrogens with one attached hydrogen (secondary N) is 1. The van der Waals surface area contributed by atoms with E-state index in [0.717, 1.165) is 11.1 Å². The molecule has 1 aromatic heterocycles. The van der Waals surface area contributed by atoms with Gasteiger partial charge in [-0.05, 0) is 25.8 Å². The van der Waals surface area contributed by atoms with Gasteiger partial charge in [0.2, 0.25) is 0 Å². The Labute approximate surface area is 179 Å². The zero-order valence-corrected chi connectivity index (χ0v) is 18.5. The smallest absolute Gasteiger partial charge is 0.404 e. The third-order valence-electron chi connectivity index (χ3n) is 4.74. The summed E-state index contributed by atoms with van der Waals surface area (Å²) in [5.74, 6) is 2.70. The Balaban J connectivity index is 0.00000132. The molecule has 1 aromatic carbocycles. The van der Waals surface area contributed by atoms with Crippen molar-refractivity contribution in [2.75, 3.05) is 6.61 Å². The molecule has 0 amide bonds. The van der Waals surface area contributed by atoms with Gasteiger partial charge in [-0.15, -0.1) is 6.42 Å². The molecule has 10 heteroatoms. The van der Waals surface area contributed by atoms with E-state index >= 15 is 0 Å². The van der Waals surface area contributed by atoms with Crippen LogP contribution < -0.4 is 15.8 Å². The van der Waals surface area contributed by atoms with E-state index < -0.39 is 31.4 Å². The largest absolute Gasteiger partial charge is 0.530 e. The summed E-state index contributed by atoms with van der Waals surface area (Å²) in [6.07, 6.45) is 6.59. The number of rotatable bonds is 4. The lowest BCUT2D eigenvalue weighted by molar-refractivity contribution is -0.0264. The number of hydrogen-bond acceptors (Lipinski definition) is 7. The Bertz CT molecular complexity index is 1150. The zero-order valence-electron chi connectivity index (χ0n) is 17.6. The molecule has 4 rings (SSSR count). The van der Waals surface area contributed by atoms with E-state index in [4.69, 9.17) is 24.7 Å². The van der Waals surface area contributed by atoms with Crippen LogP contribution in [0.4, 0.5) is 0 Å². The summed E-state index contributed by atoms with van der Waals surface area (Å²) in [6.45, 7) is 6.04. The Morgan fingerprint density at radius 2 is 2.10 bits per heavy atom. The van der Waals surface area contributed by atoms with Gasteiger partial charge in [0.25, 0.3) is 5.56 Å². The third kappa shape index (κ3) is 5.17. The molecular formula is C21H25N2O7P. The molecule has 3 heterocycles. The van der Waals surface area contributed by atoms with Crippen LogP contribution in [0.25, 0.3) is 0 Å². The average molecular weight is 448 g/mol. The topological polar surface area (TPSA) is 109 Å². The highest BCUT2D eigenvalue weighted by molar-refractivity contribution is 7.49. The number of aromatic amines is 1. The van der Waals surface area contributed by atoms with Gasteiger partial charge in [-0.1, -0.05) is 37.5 Å². The van der Waals surface area contributed by atoms with Crippen LogP contribution in [0.15, 0.2) is 34.0 Å². The lowest BCUT2D eigenvalue weighted by Gasteiger charge is -2.26. The molecule has 2 aliphatic heterocycles. The van der Waals surface area contributed by atoms with Gasteiger partial charge >= 0.3 is 13.5 Å². The van der Waals surface area contributed by atoms with Crippen LogP contribution >= 0.6 is 7.82 Å². The molecule has 0 bridgehead atoms. The number of H-pyrrole nitrogens is 1. The van der Waals surface area contributed by atoms with E-state index in [2.05, 4.69) is 10.9 Å². The van der Waals surface area contributed by atoms with Crippen LogP contribution in [0.3, 0.4) is 0 Å². The second kappa shape index (κ2) is 9.67. The fourth-order valence-electron chi connectivity index (χ4n) is 3.26. The van der Waals surface area contributed by atoms with Crippen LogP contribution in [0.1, 0.15) is 49.6 Å². The first-order valence-corrected chi connectivity index (χ1v) is 11.5. The van der Waals surface area contributed by atoms with Gasteiger partial charge < -0.3 is 9.26 Å². The molecule has 166 valence electrons. The number of aromatic nitrogens is 2. The molecule has 3 atom stereocenters. The van der Waals surface area contributed by atoms with E-state index in [1.807, 2.05) is 32.9 Å². The molecule has 2 aromatic rings. The molecule has 0 aliphatic carbocycles. The van der Waals surface area contributed by atoms with Crippen molar-refractivity contribution in [2.24, 2.45) is 0 Å². The summed E-state index contributed by atoms with van der Waals surface area (Å²) in [4.78, 5) is 25.8. The first-order chi connectivity index (χ1) is 14.9. The van der Waals surface area contributed by atoms with Crippen LogP contribution in [0.5, 0.6) is 5.75 Å². The highest BCUT2D eigenvalue weighted by Gasteiger charge is 2.37. The maximum absolute atomic E-state index is 12.7. The predicted octanol–water partition coefficient (Wildman–Crippen LogP) is 3.26. The molecule has 1 N–H and O–H groups in total. The van der Waals surface area contributed by atoms with Crippen molar-refractivity contribution in [3.8, 4) is 18.1 Å². The van der Waals surface area contributed by atoms with Gasteiger partial charge in [0.1, 0.15) is 17.5 Å². The summed E-state index contributed by atoms with van der Waals surface area (Å²) in [5, 5.41) is 0. The summed E-state index contributed by atoms with van der Waals surface area (Å²) in [6, 6.07) is 5.48. The van der Waals surface area contributed by atoms with E-state index in [1.165, 1.54) is 10.8 Å². The minimum absolute atomic E-state index is 0.0327. The normalized spacial score (nSPS) is 24.3. The molecule has 0 saturated carbocycles. The summed E-state index contributed by atoms with van der Waals surface area (Å²) >= 11 is 0. The number of benzene rings is 1. The van der Waals surface area contributed by atoms with Crippen LogP contribution in [-0.4, -0.2) is 22.3 Å². The van der Waals surface area contributed by atoms with Crippen molar-refractivity contribution < 1.29 is 22.9 Å². The van der Waals surface area contributed by atoms with Crippen LogP contribution in [0, 0.1) is 19.3 Å². The maximum Gasteiger partial charge on any atom is 0.530 e. The Morgan fingerprint density at radius 1 is 1.32 bits per heavy atom. The number of nitrogens with zero attached hydrogens (tertiary/aromatic N) is 1. The number of aryl methyl sites for hydroxylation is 1. The Kier molecular flexibility index (Phi) is 7.19. The second-order valence-electron chi connectivity index (χ2n) is 6.86. The van der Waals surface area contributed by atoms with Crippen molar-refractivity contribution in [2.45, 2.75) is 52.6 Å². The molecule has 31 heavy (non-hydrogen) atoms. The number of ether oxygens (including phenoxy) is 1. The van der Waals surface area contributed by atoms with E-state index in [9.17, 15) is 14.2 Å². The lowest BCUT2D eigenvalue weighted by Crippen LogP contribution is -2.33. The van der Waals surface area contributed by atoms with Crippen LogP contribution in [0.2, 0.25) is 0 Å². The second-order valence-corrected chi connectivity index (χ2v) is 8.46. The van der Waals surface area contributed by atoms with E-state index in [0.29, 0.717) is 18.6 Å². The lowest BCUT2D eigenvalue weighted by atomic mass is 10.1. The number of phosphoric acid groups is 1. The SMILES string of the molecule is C#Cc1cn(C2CCC(COP3(=O)OCc4cc(C)ccc4O3)O2)c(=O)[nH]c1=O.CC. The van der Waals surface area contributed by atoms with Gasteiger partial charge in [-0.3, -0.25) is 23.4 Å². The molecule has 2 aliphatic rings. The predicted molar refractivity (Wildman–Crippen MR) is 114 cm³/mol. The third-order valence-corrected chi connectivity index (χ3v) is 6.07. The minimum atomic E-state index is -3.76. The van der Waals surface area contributed by atoms with Gasteiger partial charge in [-0.2, -0.15) is 0 Å². The number of fused-ring (bicyclic) bond motifs is 1. The highest BCUT2D eigenvalue weighted by Crippen LogP contribution is 2.54. The molecule has 0 radical (unpaired) electrons. The van der Waals surface area contributed by atoms with Gasteiger partial charge in [0.15, 0.2) is 0 Å². The molecule has 0 spiro atoms. The summed E-state index contributed by atoms with van der Waals surface area (Å²) in [7, 11) is -3.76. The van der Waals surface area contributed by atoms with Crippen molar-refractivity contribution in [3.63, 3.8) is 0 Å². The standard InChI is InChI=1S/C19H19N2O7P.C2H6/c1-3-13-9-21(19(23)20-18(13)22)17-7-5-15(27-17)11-26-29(24)25-10-14-8-12(2)4-6-16(14)28-29;1-2/h1,4,6,8-9,15,17H,5,7,10-11H2,2H3,(H,20,22,23);1-2H3. The minimum Gasteiger partial charge on any atom is -0.404 e.